The summed E-state index contributed by atoms with van der Waals surface area (Å²) in [5.41, 5.74) is 7.65. The second kappa shape index (κ2) is 5.85. The van der Waals surface area contributed by atoms with Gasteiger partial charge in [-0.2, -0.15) is 0 Å². The minimum absolute atomic E-state index is 0.122. The lowest BCUT2D eigenvalue weighted by Gasteiger charge is -2.30. The van der Waals surface area contributed by atoms with Gasteiger partial charge < -0.3 is 5.73 Å². The van der Waals surface area contributed by atoms with Gasteiger partial charge in [0.25, 0.3) is 0 Å². The fourth-order valence-corrected chi connectivity index (χ4v) is 2.91. The maximum Gasteiger partial charge on any atom is 0.0450 e. The van der Waals surface area contributed by atoms with Crippen molar-refractivity contribution in [2.75, 3.05) is 13.1 Å². The molecule has 1 aromatic carbocycles. The van der Waals surface area contributed by atoms with Crippen molar-refractivity contribution in [2.45, 2.75) is 39.3 Å². The molecule has 1 aromatic rings. The monoisotopic (exact) mass is 246 g/mol. The van der Waals surface area contributed by atoms with E-state index >= 15 is 0 Å². The van der Waals surface area contributed by atoms with Gasteiger partial charge in [0.05, 0.1) is 0 Å². The van der Waals surface area contributed by atoms with Gasteiger partial charge in [0.1, 0.15) is 0 Å². The van der Waals surface area contributed by atoms with Crippen molar-refractivity contribution in [1.29, 1.82) is 0 Å². The molecule has 0 aliphatic carbocycles. The molecule has 0 amide bonds. The van der Waals surface area contributed by atoms with Gasteiger partial charge in [0, 0.05) is 18.6 Å². The molecule has 2 rings (SSSR count). The Morgan fingerprint density at radius 1 is 1.17 bits per heavy atom. The number of nitrogens with two attached hydrogens (primary N) is 1. The molecule has 18 heavy (non-hydrogen) atoms. The zero-order chi connectivity index (χ0) is 13.1. The van der Waals surface area contributed by atoms with E-state index in [0.717, 1.165) is 11.8 Å². The molecular formula is C16H26N2. The van der Waals surface area contributed by atoms with Crippen molar-refractivity contribution in [2.24, 2.45) is 17.6 Å². The summed E-state index contributed by atoms with van der Waals surface area (Å²) in [6.07, 6.45) is 1.32. The number of likely N-dealkylation sites (tertiary alicyclic amines) is 1. The smallest absolute Gasteiger partial charge is 0.0450 e. The molecule has 100 valence electrons. The molecule has 0 bridgehead atoms. The zero-order valence-corrected chi connectivity index (χ0v) is 11.8. The van der Waals surface area contributed by atoms with Crippen LogP contribution in [0.15, 0.2) is 30.3 Å². The maximum atomic E-state index is 6.40. The summed E-state index contributed by atoms with van der Waals surface area (Å²) in [5, 5.41) is 0. The standard InChI is InChI=1S/C16H26N2/c1-12(2)15-9-10-18(11-15)13(3)16(17)14-7-5-4-6-8-14/h4-8,12-13,15-16H,9-11,17H2,1-3H3. The number of rotatable bonds is 4. The highest BCUT2D eigenvalue weighted by Gasteiger charge is 2.30. The molecule has 0 aromatic heterocycles. The highest BCUT2D eigenvalue weighted by molar-refractivity contribution is 5.20. The van der Waals surface area contributed by atoms with Crippen molar-refractivity contribution >= 4 is 0 Å². The quantitative estimate of drug-likeness (QED) is 0.884. The van der Waals surface area contributed by atoms with Crippen LogP contribution in [0, 0.1) is 11.8 Å². The van der Waals surface area contributed by atoms with Crippen LogP contribution >= 0.6 is 0 Å². The van der Waals surface area contributed by atoms with E-state index in [4.69, 9.17) is 5.73 Å². The Kier molecular flexibility index (Phi) is 4.41. The molecule has 1 aliphatic rings. The van der Waals surface area contributed by atoms with Crippen LogP contribution in [-0.4, -0.2) is 24.0 Å². The molecule has 1 saturated heterocycles. The Morgan fingerprint density at radius 3 is 2.39 bits per heavy atom. The van der Waals surface area contributed by atoms with Crippen molar-refractivity contribution in [1.82, 2.24) is 4.90 Å². The summed E-state index contributed by atoms with van der Waals surface area (Å²) in [5.74, 6) is 1.63. The average Bonchev–Trinajstić information content (AvgIpc) is 2.88. The summed E-state index contributed by atoms with van der Waals surface area (Å²) >= 11 is 0. The number of hydrogen-bond acceptors (Lipinski definition) is 2. The fourth-order valence-electron chi connectivity index (χ4n) is 2.91. The first kappa shape index (κ1) is 13.6. The van der Waals surface area contributed by atoms with E-state index in [-0.39, 0.29) is 6.04 Å². The van der Waals surface area contributed by atoms with E-state index in [1.807, 2.05) is 6.07 Å². The first-order valence-corrected chi connectivity index (χ1v) is 7.14. The highest BCUT2D eigenvalue weighted by Crippen LogP contribution is 2.28. The van der Waals surface area contributed by atoms with Crippen LogP contribution in [0.2, 0.25) is 0 Å². The van der Waals surface area contributed by atoms with Crippen LogP contribution in [0.3, 0.4) is 0 Å². The molecule has 2 N–H and O–H groups in total. The Balaban J connectivity index is 1.98. The van der Waals surface area contributed by atoms with Gasteiger partial charge in [-0.05, 0) is 37.3 Å². The molecular weight excluding hydrogens is 220 g/mol. The Labute approximate surface area is 111 Å². The van der Waals surface area contributed by atoms with Gasteiger partial charge in [-0.15, -0.1) is 0 Å². The van der Waals surface area contributed by atoms with Crippen LogP contribution in [0.25, 0.3) is 0 Å². The predicted octanol–water partition coefficient (Wildman–Crippen LogP) is 3.05. The minimum Gasteiger partial charge on any atom is -0.323 e. The lowest BCUT2D eigenvalue weighted by Crippen LogP contribution is -2.39. The Hall–Kier alpha value is -0.860. The van der Waals surface area contributed by atoms with Gasteiger partial charge in [0.15, 0.2) is 0 Å². The summed E-state index contributed by atoms with van der Waals surface area (Å²) < 4.78 is 0. The van der Waals surface area contributed by atoms with Gasteiger partial charge in [-0.1, -0.05) is 44.2 Å². The third-order valence-corrected chi connectivity index (χ3v) is 4.48. The van der Waals surface area contributed by atoms with Crippen LogP contribution < -0.4 is 5.73 Å². The van der Waals surface area contributed by atoms with Gasteiger partial charge in [0.2, 0.25) is 0 Å². The SMILES string of the molecule is CC(C)C1CCN(C(C)C(N)c2ccccc2)C1. The molecule has 0 spiro atoms. The second-order valence-corrected chi connectivity index (χ2v) is 5.96. The minimum atomic E-state index is 0.122. The summed E-state index contributed by atoms with van der Waals surface area (Å²) in [6, 6.07) is 11.0. The van der Waals surface area contributed by atoms with Crippen LogP contribution in [0.1, 0.15) is 38.8 Å². The van der Waals surface area contributed by atoms with E-state index in [1.165, 1.54) is 25.1 Å². The Bertz CT molecular complexity index is 361. The highest BCUT2D eigenvalue weighted by atomic mass is 15.2. The van der Waals surface area contributed by atoms with Crippen molar-refractivity contribution in [3.05, 3.63) is 35.9 Å². The molecule has 0 radical (unpaired) electrons. The van der Waals surface area contributed by atoms with E-state index in [9.17, 15) is 0 Å². The van der Waals surface area contributed by atoms with Crippen molar-refractivity contribution < 1.29 is 0 Å². The lowest BCUT2D eigenvalue weighted by molar-refractivity contribution is 0.212. The molecule has 1 fully saturated rings. The van der Waals surface area contributed by atoms with Gasteiger partial charge >= 0.3 is 0 Å². The third-order valence-electron chi connectivity index (χ3n) is 4.48. The van der Waals surface area contributed by atoms with E-state index in [1.54, 1.807) is 0 Å². The van der Waals surface area contributed by atoms with E-state index in [2.05, 4.69) is 49.9 Å². The van der Waals surface area contributed by atoms with Crippen molar-refractivity contribution in [3.63, 3.8) is 0 Å². The second-order valence-electron chi connectivity index (χ2n) is 5.96. The molecule has 2 nitrogen and oxygen atoms in total. The van der Waals surface area contributed by atoms with Crippen LogP contribution in [0.4, 0.5) is 0 Å². The maximum absolute atomic E-state index is 6.40. The van der Waals surface area contributed by atoms with Crippen LogP contribution in [-0.2, 0) is 0 Å². The average molecular weight is 246 g/mol. The van der Waals surface area contributed by atoms with E-state index < -0.39 is 0 Å². The summed E-state index contributed by atoms with van der Waals surface area (Å²) in [7, 11) is 0. The fraction of sp³-hybridized carbons (Fsp3) is 0.625. The molecule has 2 heteroatoms. The largest absolute Gasteiger partial charge is 0.323 e. The van der Waals surface area contributed by atoms with E-state index in [0.29, 0.717) is 6.04 Å². The molecule has 1 aliphatic heterocycles. The topological polar surface area (TPSA) is 29.3 Å². The number of benzene rings is 1. The zero-order valence-electron chi connectivity index (χ0n) is 11.8. The Morgan fingerprint density at radius 2 is 1.83 bits per heavy atom. The third kappa shape index (κ3) is 2.93. The first-order chi connectivity index (χ1) is 8.59. The number of nitrogens with zero attached hydrogens (tertiary/aromatic N) is 1. The summed E-state index contributed by atoms with van der Waals surface area (Å²) in [4.78, 5) is 2.56. The molecule has 0 saturated carbocycles. The predicted molar refractivity (Wildman–Crippen MR) is 77.4 cm³/mol. The van der Waals surface area contributed by atoms with Crippen molar-refractivity contribution in [3.8, 4) is 0 Å². The summed E-state index contributed by atoms with van der Waals surface area (Å²) in [6.45, 7) is 9.33. The molecule has 3 unspecified atom stereocenters. The van der Waals surface area contributed by atoms with Gasteiger partial charge in [-0.3, -0.25) is 4.90 Å². The molecule has 3 atom stereocenters. The number of hydrogen-bond donors (Lipinski definition) is 1. The first-order valence-electron chi connectivity index (χ1n) is 7.14. The van der Waals surface area contributed by atoms with Gasteiger partial charge in [-0.25, -0.2) is 0 Å². The molecule has 1 heterocycles. The lowest BCUT2D eigenvalue weighted by atomic mass is 9.95. The van der Waals surface area contributed by atoms with Crippen LogP contribution in [0.5, 0.6) is 0 Å². The normalized spacial score (nSPS) is 24.4.